The maximum Gasteiger partial charge on any atom is 0.170 e. The van der Waals surface area contributed by atoms with E-state index in [1.807, 2.05) is 0 Å². The zero-order chi connectivity index (χ0) is 12.0. The van der Waals surface area contributed by atoms with Gasteiger partial charge in [0.1, 0.15) is 17.1 Å². The van der Waals surface area contributed by atoms with Gasteiger partial charge in [0.15, 0.2) is 5.78 Å². The molecule has 0 atom stereocenters. The van der Waals surface area contributed by atoms with Gasteiger partial charge < -0.3 is 10.2 Å². The van der Waals surface area contributed by atoms with E-state index in [1.165, 1.54) is 18.2 Å². The second-order valence-electron chi connectivity index (χ2n) is 3.59. The molecule has 0 fully saturated rings. The lowest BCUT2D eigenvalue weighted by molar-refractivity contribution is 0.0974. The van der Waals surface area contributed by atoms with E-state index in [2.05, 4.69) is 15.9 Å². The fraction of sp³-hybridized carbons (Fsp3) is 0.417. The first-order valence-corrected chi connectivity index (χ1v) is 6.39. The Labute approximate surface area is 103 Å². The Morgan fingerprint density at radius 3 is 2.31 bits per heavy atom. The summed E-state index contributed by atoms with van der Waals surface area (Å²) in [4.78, 5) is 11.7. The van der Waals surface area contributed by atoms with Crippen LogP contribution in [0.15, 0.2) is 18.2 Å². The predicted octanol–water partition coefficient (Wildman–Crippen LogP) is 3.24. The van der Waals surface area contributed by atoms with E-state index in [1.54, 1.807) is 0 Å². The number of carbonyl (C=O) groups is 1. The maximum absolute atomic E-state index is 11.7. The Morgan fingerprint density at radius 1 is 1.12 bits per heavy atom. The van der Waals surface area contributed by atoms with Gasteiger partial charge in [-0.3, -0.25) is 4.79 Å². The van der Waals surface area contributed by atoms with Crippen LogP contribution in [-0.2, 0) is 0 Å². The van der Waals surface area contributed by atoms with E-state index in [0.717, 1.165) is 24.6 Å². The van der Waals surface area contributed by atoms with Crippen molar-refractivity contribution in [1.29, 1.82) is 0 Å². The molecule has 0 aliphatic heterocycles. The third kappa shape index (κ3) is 3.52. The lowest BCUT2D eigenvalue weighted by Crippen LogP contribution is -2.00. The number of phenols is 2. The highest BCUT2D eigenvalue weighted by Gasteiger charge is 2.14. The summed E-state index contributed by atoms with van der Waals surface area (Å²) < 4.78 is 0. The third-order valence-electron chi connectivity index (χ3n) is 2.34. The standard InChI is InChI=1S/C12H15BrO3/c13-8-3-1-2-5-9(14)12-10(15)6-4-7-11(12)16/h4,6-7,15-16H,1-3,5,8H2. The Hall–Kier alpha value is -1.03. The lowest BCUT2D eigenvalue weighted by Gasteiger charge is -2.05. The van der Waals surface area contributed by atoms with E-state index >= 15 is 0 Å². The number of benzene rings is 1. The molecular weight excluding hydrogens is 272 g/mol. The molecule has 0 heterocycles. The second kappa shape index (κ2) is 6.53. The van der Waals surface area contributed by atoms with Crippen molar-refractivity contribution in [3.05, 3.63) is 23.8 Å². The molecule has 0 aliphatic carbocycles. The van der Waals surface area contributed by atoms with E-state index in [0.29, 0.717) is 6.42 Å². The molecule has 0 amide bonds. The first-order chi connectivity index (χ1) is 7.66. The van der Waals surface area contributed by atoms with Crippen LogP contribution >= 0.6 is 15.9 Å². The quantitative estimate of drug-likeness (QED) is 0.480. The predicted molar refractivity (Wildman–Crippen MR) is 66.4 cm³/mol. The highest BCUT2D eigenvalue weighted by atomic mass is 79.9. The zero-order valence-corrected chi connectivity index (χ0v) is 10.5. The third-order valence-corrected chi connectivity index (χ3v) is 2.90. The normalized spacial score (nSPS) is 10.3. The molecule has 1 aromatic rings. The number of alkyl halides is 1. The van der Waals surface area contributed by atoms with Gasteiger partial charge in [-0.15, -0.1) is 0 Å². The summed E-state index contributed by atoms with van der Waals surface area (Å²) in [5.41, 5.74) is 0.0429. The highest BCUT2D eigenvalue weighted by Crippen LogP contribution is 2.28. The summed E-state index contributed by atoms with van der Waals surface area (Å²) in [6.45, 7) is 0. The van der Waals surface area contributed by atoms with E-state index in [-0.39, 0.29) is 22.8 Å². The van der Waals surface area contributed by atoms with E-state index in [4.69, 9.17) is 0 Å². The Kier molecular flexibility index (Phi) is 5.32. The Bertz CT molecular complexity index is 343. The van der Waals surface area contributed by atoms with Crippen molar-refractivity contribution in [3.8, 4) is 11.5 Å². The van der Waals surface area contributed by atoms with Crippen LogP contribution in [0.2, 0.25) is 0 Å². The van der Waals surface area contributed by atoms with Gasteiger partial charge in [0.05, 0.1) is 0 Å². The first-order valence-electron chi connectivity index (χ1n) is 5.27. The summed E-state index contributed by atoms with van der Waals surface area (Å²) >= 11 is 3.32. The minimum Gasteiger partial charge on any atom is -0.507 e. The molecule has 3 nitrogen and oxygen atoms in total. The molecule has 1 rings (SSSR count). The molecule has 16 heavy (non-hydrogen) atoms. The van der Waals surface area contributed by atoms with Gasteiger partial charge in [0.25, 0.3) is 0 Å². The molecule has 1 aromatic carbocycles. The summed E-state index contributed by atoms with van der Waals surface area (Å²) in [5, 5.41) is 19.9. The zero-order valence-electron chi connectivity index (χ0n) is 8.95. The fourth-order valence-electron chi connectivity index (χ4n) is 1.50. The number of rotatable bonds is 6. The van der Waals surface area contributed by atoms with Crippen LogP contribution in [0.4, 0.5) is 0 Å². The average molecular weight is 287 g/mol. The van der Waals surface area contributed by atoms with Gasteiger partial charge in [0, 0.05) is 11.8 Å². The largest absolute Gasteiger partial charge is 0.507 e. The van der Waals surface area contributed by atoms with Gasteiger partial charge in [-0.05, 0) is 25.0 Å². The van der Waals surface area contributed by atoms with Crippen molar-refractivity contribution in [2.75, 3.05) is 5.33 Å². The molecule has 2 N–H and O–H groups in total. The van der Waals surface area contributed by atoms with Crippen LogP contribution in [0.3, 0.4) is 0 Å². The van der Waals surface area contributed by atoms with E-state index < -0.39 is 0 Å². The van der Waals surface area contributed by atoms with Crippen molar-refractivity contribution >= 4 is 21.7 Å². The van der Waals surface area contributed by atoms with Crippen molar-refractivity contribution in [3.63, 3.8) is 0 Å². The molecule has 88 valence electrons. The number of hydrogen-bond acceptors (Lipinski definition) is 3. The van der Waals surface area contributed by atoms with Gasteiger partial charge in [0.2, 0.25) is 0 Å². The van der Waals surface area contributed by atoms with Crippen LogP contribution in [-0.4, -0.2) is 21.3 Å². The molecule has 0 unspecified atom stereocenters. The SMILES string of the molecule is O=C(CCCCCBr)c1c(O)cccc1O. The minimum atomic E-state index is -0.204. The molecule has 0 spiro atoms. The summed E-state index contributed by atoms with van der Waals surface area (Å²) in [6.07, 6.45) is 3.13. The minimum absolute atomic E-state index is 0.0429. The van der Waals surface area contributed by atoms with Gasteiger partial charge in [-0.2, -0.15) is 0 Å². The summed E-state index contributed by atoms with van der Waals surface area (Å²) in [7, 11) is 0. The molecular formula is C12H15BrO3. The number of aromatic hydroxyl groups is 2. The number of ketones is 1. The smallest absolute Gasteiger partial charge is 0.170 e. The van der Waals surface area contributed by atoms with Crippen molar-refractivity contribution in [1.82, 2.24) is 0 Å². The summed E-state index contributed by atoms with van der Waals surface area (Å²) in [5.74, 6) is -0.499. The second-order valence-corrected chi connectivity index (χ2v) is 4.39. The average Bonchev–Trinajstić information content (AvgIpc) is 2.24. The van der Waals surface area contributed by atoms with Crippen molar-refractivity contribution in [2.45, 2.75) is 25.7 Å². The first kappa shape index (κ1) is 13.0. The van der Waals surface area contributed by atoms with E-state index in [9.17, 15) is 15.0 Å². The van der Waals surface area contributed by atoms with Crippen LogP contribution < -0.4 is 0 Å². The molecule has 0 saturated carbocycles. The summed E-state index contributed by atoms with van der Waals surface area (Å²) in [6, 6.07) is 4.32. The van der Waals surface area contributed by atoms with Gasteiger partial charge in [-0.25, -0.2) is 0 Å². The number of hydrogen-bond donors (Lipinski definition) is 2. The molecule has 0 radical (unpaired) electrons. The van der Waals surface area contributed by atoms with Gasteiger partial charge >= 0.3 is 0 Å². The van der Waals surface area contributed by atoms with Crippen LogP contribution in [0.1, 0.15) is 36.0 Å². The maximum atomic E-state index is 11.7. The van der Waals surface area contributed by atoms with Crippen molar-refractivity contribution in [2.24, 2.45) is 0 Å². The topological polar surface area (TPSA) is 57.5 Å². The number of phenolic OH excluding ortho intramolecular Hbond substituents is 2. The van der Waals surface area contributed by atoms with Crippen LogP contribution in [0.25, 0.3) is 0 Å². The molecule has 0 saturated heterocycles. The Morgan fingerprint density at radius 2 is 1.75 bits per heavy atom. The molecule has 0 aromatic heterocycles. The monoisotopic (exact) mass is 286 g/mol. The molecule has 0 bridgehead atoms. The highest BCUT2D eigenvalue weighted by molar-refractivity contribution is 9.09. The Balaban J connectivity index is 2.59. The van der Waals surface area contributed by atoms with Crippen molar-refractivity contribution < 1.29 is 15.0 Å². The fourth-order valence-corrected chi connectivity index (χ4v) is 1.89. The number of carbonyl (C=O) groups excluding carboxylic acids is 1. The number of Topliss-reactive ketones (excluding diaryl/α,β-unsaturated/α-hetero) is 1. The number of halogens is 1. The van der Waals surface area contributed by atoms with Crippen LogP contribution in [0.5, 0.6) is 11.5 Å². The lowest BCUT2D eigenvalue weighted by atomic mass is 10.0. The van der Waals surface area contributed by atoms with Crippen LogP contribution in [0, 0.1) is 0 Å². The molecule has 4 heteroatoms. The molecule has 0 aliphatic rings. The van der Waals surface area contributed by atoms with Gasteiger partial charge in [-0.1, -0.05) is 28.4 Å². The number of unbranched alkanes of at least 4 members (excludes halogenated alkanes) is 2.